The molecular weight excluding hydrogens is 244 g/mol. The van der Waals surface area contributed by atoms with Crippen molar-refractivity contribution in [1.82, 2.24) is 0 Å². The SMILES string of the molecule is CCOC(=O)CN1C(=O)[C@@H](N)C=Cc2ccccc21. The summed E-state index contributed by atoms with van der Waals surface area (Å²) in [5, 5.41) is 0. The molecule has 0 bridgehead atoms. The lowest BCUT2D eigenvalue weighted by atomic mass is 10.1. The first-order valence-corrected chi connectivity index (χ1v) is 6.13. The number of nitrogens with zero attached hydrogens (tertiary/aromatic N) is 1. The molecular formula is C14H16N2O3. The fraction of sp³-hybridized carbons (Fsp3) is 0.286. The van der Waals surface area contributed by atoms with Gasteiger partial charge in [-0.15, -0.1) is 0 Å². The van der Waals surface area contributed by atoms with Crippen LogP contribution in [0.1, 0.15) is 12.5 Å². The molecule has 19 heavy (non-hydrogen) atoms. The average molecular weight is 260 g/mol. The summed E-state index contributed by atoms with van der Waals surface area (Å²) in [6, 6.07) is 6.59. The Bertz CT molecular complexity index is 525. The van der Waals surface area contributed by atoms with Crippen molar-refractivity contribution < 1.29 is 14.3 Å². The number of amides is 1. The Hall–Kier alpha value is -2.14. The summed E-state index contributed by atoms with van der Waals surface area (Å²) in [6.45, 7) is 1.88. The van der Waals surface area contributed by atoms with E-state index in [0.717, 1.165) is 5.56 Å². The number of anilines is 1. The van der Waals surface area contributed by atoms with Gasteiger partial charge in [-0.3, -0.25) is 14.5 Å². The van der Waals surface area contributed by atoms with Crippen LogP contribution in [0.3, 0.4) is 0 Å². The number of fused-ring (bicyclic) bond motifs is 1. The van der Waals surface area contributed by atoms with E-state index in [9.17, 15) is 9.59 Å². The van der Waals surface area contributed by atoms with Crippen LogP contribution in [0.15, 0.2) is 30.3 Å². The highest BCUT2D eigenvalue weighted by molar-refractivity contribution is 6.04. The summed E-state index contributed by atoms with van der Waals surface area (Å²) in [6.07, 6.45) is 3.43. The molecule has 1 aliphatic heterocycles. The number of benzene rings is 1. The molecule has 0 aliphatic carbocycles. The van der Waals surface area contributed by atoms with Gasteiger partial charge in [0.2, 0.25) is 5.91 Å². The fourth-order valence-corrected chi connectivity index (χ4v) is 1.96. The minimum absolute atomic E-state index is 0.126. The van der Waals surface area contributed by atoms with Gasteiger partial charge in [-0.25, -0.2) is 0 Å². The van der Waals surface area contributed by atoms with Gasteiger partial charge in [-0.05, 0) is 18.6 Å². The lowest BCUT2D eigenvalue weighted by Gasteiger charge is -2.23. The predicted molar refractivity (Wildman–Crippen MR) is 72.4 cm³/mol. The van der Waals surface area contributed by atoms with Crippen molar-refractivity contribution in [2.75, 3.05) is 18.1 Å². The fourth-order valence-electron chi connectivity index (χ4n) is 1.96. The van der Waals surface area contributed by atoms with Crippen molar-refractivity contribution in [3.05, 3.63) is 35.9 Å². The van der Waals surface area contributed by atoms with Gasteiger partial charge < -0.3 is 10.5 Å². The minimum atomic E-state index is -0.748. The van der Waals surface area contributed by atoms with Crippen LogP contribution >= 0.6 is 0 Å². The summed E-state index contributed by atoms with van der Waals surface area (Å²) in [5.41, 5.74) is 7.29. The highest BCUT2D eigenvalue weighted by atomic mass is 16.5. The van der Waals surface area contributed by atoms with E-state index in [1.54, 1.807) is 25.1 Å². The van der Waals surface area contributed by atoms with E-state index in [2.05, 4.69) is 0 Å². The number of rotatable bonds is 3. The molecule has 5 nitrogen and oxygen atoms in total. The van der Waals surface area contributed by atoms with Gasteiger partial charge >= 0.3 is 5.97 Å². The van der Waals surface area contributed by atoms with Crippen molar-refractivity contribution in [1.29, 1.82) is 0 Å². The normalized spacial score (nSPS) is 17.9. The summed E-state index contributed by atoms with van der Waals surface area (Å²) in [7, 11) is 0. The Morgan fingerprint density at radius 1 is 1.42 bits per heavy atom. The molecule has 100 valence electrons. The molecule has 1 aromatic carbocycles. The monoisotopic (exact) mass is 260 g/mol. The number of carbonyl (C=O) groups is 2. The molecule has 5 heteroatoms. The Kier molecular flexibility index (Phi) is 3.97. The molecule has 0 fully saturated rings. The van der Waals surface area contributed by atoms with Crippen LogP contribution in [-0.2, 0) is 14.3 Å². The molecule has 2 N–H and O–H groups in total. The van der Waals surface area contributed by atoms with E-state index in [0.29, 0.717) is 5.69 Å². The maximum atomic E-state index is 12.2. The van der Waals surface area contributed by atoms with E-state index in [-0.39, 0.29) is 19.1 Å². The maximum Gasteiger partial charge on any atom is 0.326 e. The molecule has 0 saturated carbocycles. The number of ether oxygens (including phenoxy) is 1. The zero-order valence-corrected chi connectivity index (χ0v) is 10.7. The molecule has 1 heterocycles. The third-order valence-corrected chi connectivity index (χ3v) is 2.85. The number of carbonyl (C=O) groups excluding carboxylic acids is 2. The van der Waals surface area contributed by atoms with Gasteiger partial charge in [0, 0.05) is 0 Å². The van der Waals surface area contributed by atoms with Crippen LogP contribution in [0.25, 0.3) is 6.08 Å². The molecule has 0 radical (unpaired) electrons. The molecule has 2 rings (SSSR count). The molecule has 0 aromatic heterocycles. The first-order chi connectivity index (χ1) is 9.13. The topological polar surface area (TPSA) is 72.6 Å². The zero-order chi connectivity index (χ0) is 13.8. The Morgan fingerprint density at radius 3 is 2.89 bits per heavy atom. The number of nitrogens with two attached hydrogens (primary N) is 1. The van der Waals surface area contributed by atoms with Crippen LogP contribution in [0, 0.1) is 0 Å². The van der Waals surface area contributed by atoms with Crippen molar-refractivity contribution in [3.63, 3.8) is 0 Å². The molecule has 0 spiro atoms. The van der Waals surface area contributed by atoms with Crippen LogP contribution < -0.4 is 10.6 Å². The predicted octanol–water partition coefficient (Wildman–Crippen LogP) is 0.937. The lowest BCUT2D eigenvalue weighted by molar-refractivity contribution is -0.142. The smallest absolute Gasteiger partial charge is 0.326 e. The molecule has 1 amide bonds. The first-order valence-electron chi connectivity index (χ1n) is 6.13. The van der Waals surface area contributed by atoms with Crippen LogP contribution in [-0.4, -0.2) is 31.1 Å². The number of hydrogen-bond acceptors (Lipinski definition) is 4. The average Bonchev–Trinajstić information content (AvgIpc) is 2.52. The standard InChI is InChI=1S/C14H16N2O3/c1-2-19-13(17)9-16-12-6-4-3-5-10(12)7-8-11(15)14(16)18/h3-8,11H,2,9,15H2,1H3/t11-/m0/s1. The number of para-hydroxylation sites is 1. The van der Waals surface area contributed by atoms with E-state index >= 15 is 0 Å². The van der Waals surface area contributed by atoms with Crippen LogP contribution in [0.5, 0.6) is 0 Å². The maximum absolute atomic E-state index is 12.2. The third kappa shape index (κ3) is 2.82. The summed E-state index contributed by atoms with van der Waals surface area (Å²) < 4.78 is 4.89. The third-order valence-electron chi connectivity index (χ3n) is 2.85. The molecule has 1 atom stereocenters. The van der Waals surface area contributed by atoms with Crippen molar-refractivity contribution >= 4 is 23.6 Å². The van der Waals surface area contributed by atoms with Gasteiger partial charge in [0.15, 0.2) is 0 Å². The second kappa shape index (κ2) is 5.67. The highest BCUT2D eigenvalue weighted by Crippen LogP contribution is 2.25. The quantitative estimate of drug-likeness (QED) is 0.821. The summed E-state index contributed by atoms with van der Waals surface area (Å²) in [5.74, 6) is -0.756. The van der Waals surface area contributed by atoms with Gasteiger partial charge in [0.05, 0.1) is 12.3 Å². The second-order valence-electron chi connectivity index (χ2n) is 4.17. The van der Waals surface area contributed by atoms with Crippen molar-refractivity contribution in [2.45, 2.75) is 13.0 Å². The Balaban J connectivity index is 2.34. The number of hydrogen-bond donors (Lipinski definition) is 1. The Morgan fingerprint density at radius 2 is 2.16 bits per heavy atom. The molecule has 1 aliphatic rings. The molecule has 1 aromatic rings. The zero-order valence-electron chi connectivity index (χ0n) is 10.7. The summed E-state index contributed by atoms with van der Waals surface area (Å²) >= 11 is 0. The number of esters is 1. The van der Waals surface area contributed by atoms with Crippen LogP contribution in [0.4, 0.5) is 5.69 Å². The van der Waals surface area contributed by atoms with Crippen molar-refractivity contribution in [3.8, 4) is 0 Å². The second-order valence-corrected chi connectivity index (χ2v) is 4.17. The minimum Gasteiger partial charge on any atom is -0.465 e. The highest BCUT2D eigenvalue weighted by Gasteiger charge is 2.27. The van der Waals surface area contributed by atoms with E-state index in [4.69, 9.17) is 10.5 Å². The largest absolute Gasteiger partial charge is 0.465 e. The van der Waals surface area contributed by atoms with Gasteiger partial charge in [-0.2, -0.15) is 0 Å². The Labute approximate surface area is 111 Å². The van der Waals surface area contributed by atoms with Gasteiger partial charge in [-0.1, -0.05) is 30.4 Å². The van der Waals surface area contributed by atoms with E-state index in [1.807, 2.05) is 18.2 Å². The van der Waals surface area contributed by atoms with Gasteiger partial charge in [0.1, 0.15) is 12.6 Å². The van der Waals surface area contributed by atoms with Crippen LogP contribution in [0.2, 0.25) is 0 Å². The lowest BCUT2D eigenvalue weighted by Crippen LogP contribution is -2.45. The van der Waals surface area contributed by atoms with Gasteiger partial charge in [0.25, 0.3) is 0 Å². The first kappa shape index (κ1) is 13.3. The molecule has 0 saturated heterocycles. The van der Waals surface area contributed by atoms with Crippen molar-refractivity contribution in [2.24, 2.45) is 5.73 Å². The molecule has 0 unspecified atom stereocenters. The summed E-state index contributed by atoms with van der Waals surface area (Å²) in [4.78, 5) is 25.2. The van der Waals surface area contributed by atoms with E-state index in [1.165, 1.54) is 4.90 Å². The van der Waals surface area contributed by atoms with E-state index < -0.39 is 12.0 Å².